The Kier molecular flexibility index (Phi) is 4.89. The van der Waals surface area contributed by atoms with Gasteiger partial charge in [-0.25, -0.2) is 4.79 Å². The van der Waals surface area contributed by atoms with E-state index in [4.69, 9.17) is 9.47 Å². The molecule has 2 aliphatic rings. The van der Waals surface area contributed by atoms with Crippen molar-refractivity contribution in [2.24, 2.45) is 0 Å². The highest BCUT2D eigenvalue weighted by Gasteiger charge is 2.50. The third-order valence-electron chi connectivity index (χ3n) is 5.19. The summed E-state index contributed by atoms with van der Waals surface area (Å²) in [5.74, 6) is -0.678. The highest BCUT2D eigenvalue weighted by atomic mass is 16.8. The van der Waals surface area contributed by atoms with Crippen LogP contribution in [-0.4, -0.2) is 36.1 Å². The van der Waals surface area contributed by atoms with Gasteiger partial charge in [-0.15, -0.1) is 0 Å². The molecule has 2 fully saturated rings. The monoisotopic (exact) mass is 366 g/mol. The first kappa shape index (κ1) is 18.0. The van der Waals surface area contributed by atoms with Gasteiger partial charge in [0.25, 0.3) is 0 Å². The fourth-order valence-corrected chi connectivity index (χ4v) is 4.05. The molecule has 5 nitrogen and oxygen atoms in total. The lowest BCUT2D eigenvalue weighted by Gasteiger charge is -2.26. The van der Waals surface area contributed by atoms with Gasteiger partial charge in [0.1, 0.15) is 12.2 Å². The highest BCUT2D eigenvalue weighted by molar-refractivity contribution is 5.75. The van der Waals surface area contributed by atoms with E-state index in [1.807, 2.05) is 50.2 Å². The molecule has 0 saturated carbocycles. The van der Waals surface area contributed by atoms with Gasteiger partial charge in [0.15, 0.2) is 5.79 Å². The predicted octanol–water partition coefficient (Wildman–Crippen LogP) is 3.04. The van der Waals surface area contributed by atoms with Gasteiger partial charge < -0.3 is 20.1 Å². The van der Waals surface area contributed by atoms with Crippen LogP contribution >= 0.6 is 0 Å². The van der Waals surface area contributed by atoms with Gasteiger partial charge in [0, 0.05) is 0 Å². The molecule has 2 heterocycles. The Hall–Kier alpha value is -2.37. The van der Waals surface area contributed by atoms with Crippen molar-refractivity contribution in [2.75, 3.05) is 0 Å². The second-order valence-electron chi connectivity index (χ2n) is 7.77. The Balaban J connectivity index is 1.60. The quantitative estimate of drug-likeness (QED) is 0.874. The van der Waals surface area contributed by atoms with Crippen molar-refractivity contribution >= 4 is 6.03 Å². The summed E-state index contributed by atoms with van der Waals surface area (Å²) in [6.45, 7) is 3.87. The fourth-order valence-electron chi connectivity index (χ4n) is 4.05. The molecule has 4 atom stereocenters. The van der Waals surface area contributed by atoms with E-state index < -0.39 is 5.79 Å². The summed E-state index contributed by atoms with van der Waals surface area (Å²) in [5, 5.41) is 6.19. The number of carbonyl (C=O) groups is 1. The summed E-state index contributed by atoms with van der Waals surface area (Å²) >= 11 is 0. The molecule has 0 spiro atoms. The first-order chi connectivity index (χ1) is 13.0. The van der Waals surface area contributed by atoms with Crippen molar-refractivity contribution in [3.63, 3.8) is 0 Å². The van der Waals surface area contributed by atoms with E-state index in [9.17, 15) is 4.79 Å². The maximum absolute atomic E-state index is 12.5. The Morgan fingerprint density at radius 1 is 0.778 bits per heavy atom. The largest absolute Gasteiger partial charge is 0.342 e. The van der Waals surface area contributed by atoms with Gasteiger partial charge in [-0.1, -0.05) is 60.7 Å². The zero-order valence-corrected chi connectivity index (χ0v) is 15.7. The number of hydrogen-bond donors (Lipinski definition) is 2. The van der Waals surface area contributed by atoms with Gasteiger partial charge >= 0.3 is 6.03 Å². The van der Waals surface area contributed by atoms with Crippen LogP contribution in [0, 0.1) is 0 Å². The standard InChI is InChI=1S/C22H26N2O3/c1-22(2)26-19-17(13-15-9-5-3-6-10-15)23-21(25)24-18(20(19)27-22)14-16-11-7-4-8-12-16/h3-12,17-20H,13-14H2,1-2H3,(H2,23,24,25). The van der Waals surface area contributed by atoms with E-state index in [-0.39, 0.29) is 30.3 Å². The van der Waals surface area contributed by atoms with Gasteiger partial charge in [-0.05, 0) is 37.8 Å². The lowest BCUT2D eigenvalue weighted by molar-refractivity contribution is -0.150. The lowest BCUT2D eigenvalue weighted by atomic mass is 9.92. The molecule has 142 valence electrons. The minimum absolute atomic E-state index is 0.153. The molecule has 4 rings (SSSR count). The number of nitrogens with one attached hydrogen (secondary N) is 2. The molecule has 27 heavy (non-hydrogen) atoms. The normalized spacial score (nSPS) is 29.3. The Bertz CT molecular complexity index is 715. The number of amides is 2. The van der Waals surface area contributed by atoms with Crippen LogP contribution < -0.4 is 10.6 Å². The second-order valence-corrected chi connectivity index (χ2v) is 7.77. The first-order valence-corrected chi connectivity index (χ1v) is 9.51. The Morgan fingerprint density at radius 3 is 1.59 bits per heavy atom. The first-order valence-electron chi connectivity index (χ1n) is 9.51. The summed E-state index contributed by atoms with van der Waals surface area (Å²) < 4.78 is 12.5. The van der Waals surface area contributed by atoms with Crippen molar-refractivity contribution in [2.45, 2.75) is 56.8 Å². The number of ether oxygens (including phenoxy) is 2. The molecule has 2 aromatic rings. The van der Waals surface area contributed by atoms with Crippen molar-refractivity contribution in [3.05, 3.63) is 71.8 Å². The number of rotatable bonds is 4. The molecule has 2 aliphatic heterocycles. The molecule has 2 amide bonds. The Labute approximate surface area is 160 Å². The maximum Gasteiger partial charge on any atom is 0.315 e. The summed E-state index contributed by atoms with van der Waals surface area (Å²) in [6.07, 6.45) is 0.973. The fraction of sp³-hybridized carbons (Fsp3) is 0.409. The van der Waals surface area contributed by atoms with Gasteiger partial charge in [-0.3, -0.25) is 0 Å². The summed E-state index contributed by atoms with van der Waals surface area (Å²) in [5.41, 5.74) is 2.33. The van der Waals surface area contributed by atoms with Crippen LogP contribution in [0.15, 0.2) is 60.7 Å². The van der Waals surface area contributed by atoms with E-state index in [1.54, 1.807) is 0 Å². The van der Waals surface area contributed by atoms with E-state index in [1.165, 1.54) is 0 Å². The van der Waals surface area contributed by atoms with Crippen molar-refractivity contribution in [1.82, 2.24) is 10.6 Å². The minimum atomic E-state index is -0.678. The number of benzene rings is 2. The lowest BCUT2D eigenvalue weighted by Crippen LogP contribution is -2.47. The van der Waals surface area contributed by atoms with Crippen LogP contribution in [0.1, 0.15) is 25.0 Å². The number of urea groups is 1. The number of hydrogen-bond acceptors (Lipinski definition) is 3. The third-order valence-corrected chi connectivity index (χ3v) is 5.19. The molecule has 0 aromatic heterocycles. The SMILES string of the molecule is CC1(C)OC2C(Cc3ccccc3)NC(=O)NC(Cc3ccccc3)C2O1. The molecular formula is C22H26N2O3. The van der Waals surface area contributed by atoms with Crippen molar-refractivity contribution in [3.8, 4) is 0 Å². The predicted molar refractivity (Wildman–Crippen MR) is 103 cm³/mol. The van der Waals surface area contributed by atoms with Gasteiger partial charge in [0.05, 0.1) is 12.1 Å². The molecule has 2 N–H and O–H groups in total. The van der Waals surface area contributed by atoms with Crippen LogP contribution in [-0.2, 0) is 22.3 Å². The summed E-state index contributed by atoms with van der Waals surface area (Å²) in [7, 11) is 0. The van der Waals surface area contributed by atoms with Crippen LogP contribution in [0.2, 0.25) is 0 Å². The molecular weight excluding hydrogens is 340 g/mol. The number of carbonyl (C=O) groups excluding carboxylic acids is 1. The van der Waals surface area contributed by atoms with Crippen LogP contribution in [0.25, 0.3) is 0 Å². The highest BCUT2D eigenvalue weighted by Crippen LogP contribution is 2.34. The van der Waals surface area contributed by atoms with Crippen LogP contribution in [0.5, 0.6) is 0 Å². The second kappa shape index (κ2) is 7.33. The molecule has 2 saturated heterocycles. The topological polar surface area (TPSA) is 59.6 Å². The zero-order chi connectivity index (χ0) is 18.9. The maximum atomic E-state index is 12.5. The molecule has 4 unspecified atom stereocenters. The van der Waals surface area contributed by atoms with Gasteiger partial charge in [-0.2, -0.15) is 0 Å². The minimum Gasteiger partial charge on any atom is -0.342 e. The van der Waals surface area contributed by atoms with Gasteiger partial charge in [0.2, 0.25) is 0 Å². The molecule has 0 aliphatic carbocycles. The van der Waals surface area contributed by atoms with E-state index in [2.05, 4.69) is 34.9 Å². The molecule has 5 heteroatoms. The molecule has 0 radical (unpaired) electrons. The zero-order valence-electron chi connectivity index (χ0n) is 15.7. The third kappa shape index (κ3) is 4.15. The molecule has 0 bridgehead atoms. The van der Waals surface area contributed by atoms with Crippen molar-refractivity contribution < 1.29 is 14.3 Å². The summed E-state index contributed by atoms with van der Waals surface area (Å²) in [6, 6.07) is 19.8. The van der Waals surface area contributed by atoms with Crippen molar-refractivity contribution in [1.29, 1.82) is 0 Å². The smallest absolute Gasteiger partial charge is 0.315 e. The van der Waals surface area contributed by atoms with E-state index >= 15 is 0 Å². The van der Waals surface area contributed by atoms with E-state index in [0.29, 0.717) is 12.8 Å². The average Bonchev–Trinajstić information content (AvgIpc) is 2.93. The summed E-state index contributed by atoms with van der Waals surface area (Å²) in [4.78, 5) is 12.5. The Morgan fingerprint density at radius 2 is 1.19 bits per heavy atom. The van der Waals surface area contributed by atoms with E-state index in [0.717, 1.165) is 11.1 Å². The molecule has 2 aromatic carbocycles. The average molecular weight is 366 g/mol. The van der Waals surface area contributed by atoms with Crippen LogP contribution in [0.4, 0.5) is 4.79 Å². The van der Waals surface area contributed by atoms with Crippen LogP contribution in [0.3, 0.4) is 0 Å². The number of fused-ring (bicyclic) bond motifs is 1.